The van der Waals surface area contributed by atoms with Crippen molar-refractivity contribution in [2.75, 3.05) is 25.1 Å². The van der Waals surface area contributed by atoms with E-state index >= 15 is 0 Å². The van der Waals surface area contributed by atoms with Gasteiger partial charge in [-0.15, -0.1) is 0 Å². The van der Waals surface area contributed by atoms with Crippen molar-refractivity contribution in [2.45, 2.75) is 13.3 Å². The number of rotatable bonds is 6. The molecule has 1 aromatic carbocycles. The van der Waals surface area contributed by atoms with Crippen LogP contribution in [0, 0.1) is 11.6 Å². The molecule has 0 spiro atoms. The van der Waals surface area contributed by atoms with Crippen LogP contribution in [0.4, 0.5) is 14.5 Å². The molecule has 0 heterocycles. The molecule has 1 rings (SSSR count). The number of nitrogens with one attached hydrogen (secondary N) is 1. The second kappa shape index (κ2) is 6.81. The van der Waals surface area contributed by atoms with Gasteiger partial charge in [-0.25, -0.2) is 8.78 Å². The van der Waals surface area contributed by atoms with E-state index in [4.69, 9.17) is 4.74 Å². The Morgan fingerprint density at radius 3 is 2.75 bits per heavy atom. The summed E-state index contributed by atoms with van der Waals surface area (Å²) in [6.07, 6.45) is 0.775. The summed E-state index contributed by atoms with van der Waals surface area (Å²) in [6.45, 7) is 3.81. The zero-order valence-electron chi connectivity index (χ0n) is 9.03. The van der Waals surface area contributed by atoms with Crippen LogP contribution in [0.15, 0.2) is 16.6 Å². The summed E-state index contributed by atoms with van der Waals surface area (Å²) in [7, 11) is 0. The Bertz CT molecular complexity index is 324. The molecule has 0 aromatic heterocycles. The molecule has 0 saturated carbocycles. The van der Waals surface area contributed by atoms with Crippen LogP contribution < -0.4 is 5.32 Å². The zero-order chi connectivity index (χ0) is 12.0. The quantitative estimate of drug-likeness (QED) is 0.810. The first-order valence-electron chi connectivity index (χ1n) is 5.11. The van der Waals surface area contributed by atoms with Crippen LogP contribution in [-0.2, 0) is 4.74 Å². The lowest BCUT2D eigenvalue weighted by Gasteiger charge is -2.09. The summed E-state index contributed by atoms with van der Waals surface area (Å²) in [5.74, 6) is -1.19. The van der Waals surface area contributed by atoms with Gasteiger partial charge < -0.3 is 10.1 Å². The van der Waals surface area contributed by atoms with Gasteiger partial charge in [0.2, 0.25) is 0 Å². The predicted molar refractivity (Wildman–Crippen MR) is 63.7 cm³/mol. The van der Waals surface area contributed by atoms with E-state index in [0.29, 0.717) is 24.2 Å². The highest BCUT2D eigenvalue weighted by Gasteiger charge is 2.08. The second-order valence-corrected chi connectivity index (χ2v) is 4.08. The lowest BCUT2D eigenvalue weighted by Crippen LogP contribution is -2.07. The third-order valence-electron chi connectivity index (χ3n) is 1.98. The molecular formula is C11H14BrF2NO. The van der Waals surface area contributed by atoms with E-state index in [9.17, 15) is 8.78 Å². The highest BCUT2D eigenvalue weighted by Crippen LogP contribution is 2.26. The highest BCUT2D eigenvalue weighted by atomic mass is 79.9. The van der Waals surface area contributed by atoms with Crippen molar-refractivity contribution in [1.82, 2.24) is 0 Å². The summed E-state index contributed by atoms with van der Waals surface area (Å²) in [6, 6.07) is 2.09. The Kier molecular flexibility index (Phi) is 5.69. The number of anilines is 1. The van der Waals surface area contributed by atoms with E-state index in [1.54, 1.807) is 0 Å². The molecule has 5 heteroatoms. The lowest BCUT2D eigenvalue weighted by atomic mass is 10.3. The summed E-state index contributed by atoms with van der Waals surface area (Å²) in [4.78, 5) is 0. The van der Waals surface area contributed by atoms with Crippen LogP contribution in [0.2, 0.25) is 0 Å². The molecule has 1 N–H and O–H groups in total. The fourth-order valence-corrected chi connectivity index (χ4v) is 1.79. The van der Waals surface area contributed by atoms with E-state index in [1.165, 1.54) is 6.07 Å². The van der Waals surface area contributed by atoms with Crippen molar-refractivity contribution in [3.63, 3.8) is 0 Å². The summed E-state index contributed by atoms with van der Waals surface area (Å²) in [5, 5.41) is 2.90. The molecule has 0 radical (unpaired) electrons. The maximum atomic E-state index is 13.3. The number of hydrogen-bond acceptors (Lipinski definition) is 2. The number of benzene rings is 1. The molecule has 2 nitrogen and oxygen atoms in total. The van der Waals surface area contributed by atoms with E-state index in [0.717, 1.165) is 12.5 Å². The van der Waals surface area contributed by atoms with Crippen LogP contribution in [0.25, 0.3) is 0 Å². The molecule has 0 saturated heterocycles. The summed E-state index contributed by atoms with van der Waals surface area (Å²) >= 11 is 3.11. The number of ether oxygens (including phenoxy) is 1. The van der Waals surface area contributed by atoms with Crippen LogP contribution in [-0.4, -0.2) is 19.8 Å². The molecule has 0 aliphatic rings. The molecule has 16 heavy (non-hydrogen) atoms. The minimum absolute atomic E-state index is 0.290. The number of halogens is 3. The standard InChI is InChI=1S/C11H14BrF2NO/c1-2-16-5-3-4-15-11-9(12)6-8(13)7-10(11)14/h6-7,15H,2-5H2,1H3. The van der Waals surface area contributed by atoms with Crippen LogP contribution in [0.5, 0.6) is 0 Å². The topological polar surface area (TPSA) is 21.3 Å². The normalized spacial score (nSPS) is 10.5. The molecule has 0 bridgehead atoms. The molecule has 1 aromatic rings. The first-order chi connectivity index (χ1) is 7.65. The van der Waals surface area contributed by atoms with Gasteiger partial charge in [0.05, 0.1) is 5.69 Å². The van der Waals surface area contributed by atoms with E-state index < -0.39 is 11.6 Å². The minimum Gasteiger partial charge on any atom is -0.382 e. The molecule has 0 aliphatic carbocycles. The van der Waals surface area contributed by atoms with Crippen LogP contribution >= 0.6 is 15.9 Å². The van der Waals surface area contributed by atoms with Crippen molar-refractivity contribution >= 4 is 21.6 Å². The molecule has 0 unspecified atom stereocenters. The Morgan fingerprint density at radius 2 is 2.12 bits per heavy atom. The molecule has 0 amide bonds. The maximum absolute atomic E-state index is 13.3. The molecule has 0 aliphatic heterocycles. The van der Waals surface area contributed by atoms with Crippen LogP contribution in [0.1, 0.15) is 13.3 Å². The van der Waals surface area contributed by atoms with Crippen molar-refractivity contribution in [2.24, 2.45) is 0 Å². The first kappa shape index (κ1) is 13.4. The lowest BCUT2D eigenvalue weighted by molar-refractivity contribution is 0.147. The molecule has 0 fully saturated rings. The summed E-state index contributed by atoms with van der Waals surface area (Å²) in [5.41, 5.74) is 0.290. The van der Waals surface area contributed by atoms with Gasteiger partial charge in [-0.3, -0.25) is 0 Å². The number of hydrogen-bond donors (Lipinski definition) is 1. The average molecular weight is 294 g/mol. The fraction of sp³-hybridized carbons (Fsp3) is 0.455. The largest absolute Gasteiger partial charge is 0.382 e. The SMILES string of the molecule is CCOCCCNc1c(F)cc(F)cc1Br. The van der Waals surface area contributed by atoms with Gasteiger partial charge in [-0.2, -0.15) is 0 Å². The van der Waals surface area contributed by atoms with Gasteiger partial charge in [0.1, 0.15) is 11.6 Å². The maximum Gasteiger partial charge on any atom is 0.150 e. The minimum atomic E-state index is -0.594. The Morgan fingerprint density at radius 1 is 1.38 bits per heavy atom. The third-order valence-corrected chi connectivity index (χ3v) is 2.60. The molecule has 0 atom stereocenters. The predicted octanol–water partition coefficient (Wildman–Crippen LogP) is 3.57. The van der Waals surface area contributed by atoms with Crippen molar-refractivity contribution < 1.29 is 13.5 Å². The van der Waals surface area contributed by atoms with E-state index in [2.05, 4.69) is 21.2 Å². The van der Waals surface area contributed by atoms with Crippen LogP contribution in [0.3, 0.4) is 0 Å². The van der Waals surface area contributed by atoms with Gasteiger partial charge >= 0.3 is 0 Å². The fourth-order valence-electron chi connectivity index (χ4n) is 1.24. The molecule has 90 valence electrons. The Labute approximate surface area is 102 Å². The smallest absolute Gasteiger partial charge is 0.150 e. The summed E-state index contributed by atoms with van der Waals surface area (Å²) < 4.78 is 31.6. The Hall–Kier alpha value is -0.680. The van der Waals surface area contributed by atoms with E-state index in [1.807, 2.05) is 6.92 Å². The van der Waals surface area contributed by atoms with Crippen molar-refractivity contribution in [3.05, 3.63) is 28.2 Å². The second-order valence-electron chi connectivity index (χ2n) is 3.22. The van der Waals surface area contributed by atoms with Gasteiger partial charge in [-0.1, -0.05) is 0 Å². The van der Waals surface area contributed by atoms with Gasteiger partial charge in [0.15, 0.2) is 0 Å². The highest BCUT2D eigenvalue weighted by molar-refractivity contribution is 9.10. The van der Waals surface area contributed by atoms with Crippen molar-refractivity contribution in [3.8, 4) is 0 Å². The Balaban J connectivity index is 2.47. The van der Waals surface area contributed by atoms with E-state index in [-0.39, 0.29) is 5.69 Å². The van der Waals surface area contributed by atoms with Gasteiger partial charge in [0.25, 0.3) is 0 Å². The van der Waals surface area contributed by atoms with Gasteiger partial charge in [0, 0.05) is 30.3 Å². The third kappa shape index (κ3) is 4.06. The first-order valence-corrected chi connectivity index (χ1v) is 5.90. The molecular weight excluding hydrogens is 280 g/mol. The van der Waals surface area contributed by atoms with Crippen molar-refractivity contribution in [1.29, 1.82) is 0 Å². The average Bonchev–Trinajstić information content (AvgIpc) is 2.20. The van der Waals surface area contributed by atoms with Gasteiger partial charge in [-0.05, 0) is 35.3 Å². The monoisotopic (exact) mass is 293 g/mol. The zero-order valence-corrected chi connectivity index (χ0v) is 10.6.